The molecular formula is C15H15ClN2O. The van der Waals surface area contributed by atoms with Crippen LogP contribution < -0.4 is 5.32 Å². The number of nitrogens with zero attached hydrogens (tertiary/aromatic N) is 1. The van der Waals surface area contributed by atoms with Crippen molar-refractivity contribution >= 4 is 23.2 Å². The molecule has 2 aromatic rings. The number of amides is 1. The Hall–Kier alpha value is -1.87. The molecule has 1 atom stereocenters. The van der Waals surface area contributed by atoms with Gasteiger partial charge in [-0.05, 0) is 37.6 Å². The molecule has 4 heteroatoms. The van der Waals surface area contributed by atoms with Gasteiger partial charge in [-0.3, -0.25) is 9.78 Å². The first-order valence-corrected chi connectivity index (χ1v) is 6.48. The van der Waals surface area contributed by atoms with Crippen molar-refractivity contribution in [2.24, 2.45) is 0 Å². The number of hydrogen-bond donors (Lipinski definition) is 1. The van der Waals surface area contributed by atoms with Crippen molar-refractivity contribution in [2.45, 2.75) is 19.2 Å². The van der Waals surface area contributed by atoms with Crippen molar-refractivity contribution in [3.8, 4) is 0 Å². The second kappa shape index (κ2) is 5.85. The number of anilines is 1. The highest BCUT2D eigenvalue weighted by atomic mass is 35.5. The van der Waals surface area contributed by atoms with Crippen LogP contribution in [0.2, 0.25) is 0 Å². The zero-order chi connectivity index (χ0) is 13.8. The highest BCUT2D eigenvalue weighted by Gasteiger charge is 2.11. The summed E-state index contributed by atoms with van der Waals surface area (Å²) in [4.78, 5) is 16.2. The van der Waals surface area contributed by atoms with Crippen LogP contribution >= 0.6 is 11.6 Å². The molecule has 0 saturated heterocycles. The van der Waals surface area contributed by atoms with Gasteiger partial charge in [0.2, 0.25) is 0 Å². The van der Waals surface area contributed by atoms with Gasteiger partial charge in [-0.2, -0.15) is 0 Å². The maximum absolute atomic E-state index is 12.1. The highest BCUT2D eigenvalue weighted by Crippen LogP contribution is 2.27. The van der Waals surface area contributed by atoms with Gasteiger partial charge in [-0.15, -0.1) is 11.6 Å². The fourth-order valence-electron chi connectivity index (χ4n) is 1.75. The fourth-order valence-corrected chi connectivity index (χ4v) is 1.94. The number of carbonyl (C=O) groups excluding carboxylic acids is 1. The fraction of sp³-hybridized carbons (Fsp3) is 0.200. The van der Waals surface area contributed by atoms with E-state index < -0.39 is 0 Å². The van der Waals surface area contributed by atoms with Crippen LogP contribution in [0.5, 0.6) is 0 Å². The van der Waals surface area contributed by atoms with E-state index in [0.29, 0.717) is 5.56 Å². The van der Waals surface area contributed by atoms with Gasteiger partial charge in [0.1, 0.15) is 0 Å². The minimum atomic E-state index is -0.183. The Balaban J connectivity index is 2.22. The van der Waals surface area contributed by atoms with Gasteiger partial charge in [-0.1, -0.05) is 18.2 Å². The lowest BCUT2D eigenvalue weighted by Crippen LogP contribution is -2.13. The standard InChI is InChI=1S/C15H15ClN2O/c1-10-7-8-12(9-17-10)15(19)18-14-6-4-3-5-13(14)11(2)16/h3-9,11H,1-2H3,(H,18,19). The molecule has 1 N–H and O–H groups in total. The van der Waals surface area contributed by atoms with Crippen molar-refractivity contribution in [2.75, 3.05) is 5.32 Å². The predicted molar refractivity (Wildman–Crippen MR) is 77.6 cm³/mol. The lowest BCUT2D eigenvalue weighted by atomic mass is 10.1. The van der Waals surface area contributed by atoms with Gasteiger partial charge >= 0.3 is 0 Å². The van der Waals surface area contributed by atoms with E-state index in [1.54, 1.807) is 12.3 Å². The molecule has 1 unspecified atom stereocenters. The third-order valence-electron chi connectivity index (χ3n) is 2.81. The van der Waals surface area contributed by atoms with Crippen LogP contribution in [0.25, 0.3) is 0 Å². The summed E-state index contributed by atoms with van der Waals surface area (Å²) in [6, 6.07) is 11.1. The molecule has 1 aromatic heterocycles. The van der Waals surface area contributed by atoms with Crippen molar-refractivity contribution in [1.82, 2.24) is 4.98 Å². The van der Waals surface area contributed by atoms with E-state index in [1.807, 2.05) is 44.2 Å². The molecule has 1 amide bonds. The molecule has 0 spiro atoms. The quantitative estimate of drug-likeness (QED) is 0.862. The van der Waals surface area contributed by atoms with Crippen molar-refractivity contribution in [3.63, 3.8) is 0 Å². The van der Waals surface area contributed by atoms with E-state index in [2.05, 4.69) is 10.3 Å². The Bertz CT molecular complexity index is 579. The molecule has 0 aliphatic rings. The topological polar surface area (TPSA) is 42.0 Å². The zero-order valence-corrected chi connectivity index (χ0v) is 11.6. The van der Waals surface area contributed by atoms with Gasteiger partial charge in [0.05, 0.1) is 10.9 Å². The minimum Gasteiger partial charge on any atom is -0.322 e. The van der Waals surface area contributed by atoms with Crippen LogP contribution in [0, 0.1) is 6.92 Å². The summed E-state index contributed by atoms with van der Waals surface area (Å²) in [5, 5.41) is 2.70. The maximum Gasteiger partial charge on any atom is 0.257 e. The monoisotopic (exact) mass is 274 g/mol. The number of benzene rings is 1. The summed E-state index contributed by atoms with van der Waals surface area (Å²) in [6.45, 7) is 3.76. The summed E-state index contributed by atoms with van der Waals surface area (Å²) in [5.74, 6) is -0.183. The number of hydrogen-bond acceptors (Lipinski definition) is 2. The molecule has 0 aliphatic heterocycles. The normalized spacial score (nSPS) is 11.9. The van der Waals surface area contributed by atoms with Crippen LogP contribution in [-0.2, 0) is 0 Å². The van der Waals surface area contributed by atoms with E-state index in [-0.39, 0.29) is 11.3 Å². The molecule has 1 heterocycles. The molecule has 0 saturated carbocycles. The molecule has 1 aromatic carbocycles. The third-order valence-corrected chi connectivity index (χ3v) is 3.05. The second-order valence-corrected chi connectivity index (χ2v) is 5.00. The van der Waals surface area contributed by atoms with Crippen molar-refractivity contribution in [1.29, 1.82) is 0 Å². The molecular weight excluding hydrogens is 260 g/mol. The molecule has 0 bridgehead atoms. The average molecular weight is 275 g/mol. The van der Waals surface area contributed by atoms with Crippen LogP contribution in [0.3, 0.4) is 0 Å². The van der Waals surface area contributed by atoms with Crippen molar-refractivity contribution < 1.29 is 4.79 Å². The highest BCUT2D eigenvalue weighted by molar-refractivity contribution is 6.21. The number of aryl methyl sites for hydroxylation is 1. The SMILES string of the molecule is Cc1ccc(C(=O)Nc2ccccc2C(C)Cl)cn1. The summed E-state index contributed by atoms with van der Waals surface area (Å²) in [7, 11) is 0. The number of halogens is 1. The van der Waals surface area contributed by atoms with Crippen molar-refractivity contribution in [3.05, 3.63) is 59.4 Å². The summed E-state index contributed by atoms with van der Waals surface area (Å²) < 4.78 is 0. The summed E-state index contributed by atoms with van der Waals surface area (Å²) in [5.41, 5.74) is 3.04. The Labute approximate surface area is 117 Å². The largest absolute Gasteiger partial charge is 0.322 e. The van der Waals surface area contributed by atoms with E-state index in [1.165, 1.54) is 0 Å². The molecule has 0 radical (unpaired) electrons. The van der Waals surface area contributed by atoms with Gasteiger partial charge < -0.3 is 5.32 Å². The number of nitrogens with one attached hydrogen (secondary N) is 1. The van der Waals surface area contributed by atoms with E-state index in [0.717, 1.165) is 16.9 Å². The number of rotatable bonds is 3. The zero-order valence-electron chi connectivity index (χ0n) is 10.9. The first kappa shape index (κ1) is 13.6. The first-order chi connectivity index (χ1) is 9.08. The van der Waals surface area contributed by atoms with E-state index in [4.69, 9.17) is 11.6 Å². The molecule has 0 aliphatic carbocycles. The molecule has 98 valence electrons. The lowest BCUT2D eigenvalue weighted by molar-refractivity contribution is 0.102. The predicted octanol–water partition coefficient (Wildman–Crippen LogP) is 3.94. The van der Waals surface area contributed by atoms with Crippen LogP contribution in [-0.4, -0.2) is 10.9 Å². The Morgan fingerprint density at radius 1 is 1.26 bits per heavy atom. The third kappa shape index (κ3) is 3.32. The number of alkyl halides is 1. The second-order valence-electron chi connectivity index (χ2n) is 4.35. The Morgan fingerprint density at radius 3 is 2.63 bits per heavy atom. The van der Waals surface area contributed by atoms with Crippen LogP contribution in [0.15, 0.2) is 42.6 Å². The average Bonchev–Trinajstić information content (AvgIpc) is 2.39. The summed E-state index contributed by atoms with van der Waals surface area (Å²) in [6.07, 6.45) is 1.57. The number of para-hydroxylation sites is 1. The van der Waals surface area contributed by atoms with Crippen LogP contribution in [0.1, 0.15) is 33.9 Å². The minimum absolute atomic E-state index is 0.160. The number of pyridine rings is 1. The van der Waals surface area contributed by atoms with Gasteiger partial charge in [0.15, 0.2) is 0 Å². The number of aromatic nitrogens is 1. The van der Waals surface area contributed by atoms with Gasteiger partial charge in [0, 0.05) is 17.6 Å². The van der Waals surface area contributed by atoms with Gasteiger partial charge in [0.25, 0.3) is 5.91 Å². The summed E-state index contributed by atoms with van der Waals surface area (Å²) >= 11 is 6.09. The van der Waals surface area contributed by atoms with Crippen LogP contribution in [0.4, 0.5) is 5.69 Å². The molecule has 0 fully saturated rings. The Kier molecular flexibility index (Phi) is 4.17. The number of carbonyl (C=O) groups is 1. The Morgan fingerprint density at radius 2 is 2.00 bits per heavy atom. The van der Waals surface area contributed by atoms with E-state index >= 15 is 0 Å². The first-order valence-electron chi connectivity index (χ1n) is 6.05. The van der Waals surface area contributed by atoms with E-state index in [9.17, 15) is 4.79 Å². The molecule has 2 rings (SSSR count). The maximum atomic E-state index is 12.1. The smallest absolute Gasteiger partial charge is 0.257 e. The molecule has 19 heavy (non-hydrogen) atoms. The lowest BCUT2D eigenvalue weighted by Gasteiger charge is -2.12. The van der Waals surface area contributed by atoms with Gasteiger partial charge in [-0.25, -0.2) is 0 Å². The molecule has 3 nitrogen and oxygen atoms in total.